The van der Waals surface area contributed by atoms with Crippen molar-refractivity contribution >= 4 is 11.6 Å². The molecule has 6 heteroatoms. The zero-order valence-electron chi connectivity index (χ0n) is 12.9. The lowest BCUT2D eigenvalue weighted by atomic mass is 10.1. The van der Waals surface area contributed by atoms with E-state index in [9.17, 15) is 0 Å². The van der Waals surface area contributed by atoms with Gasteiger partial charge < -0.3 is 9.26 Å². The largest absolute Gasteiger partial charge is 0.493 e. The molecule has 1 atom stereocenters. The van der Waals surface area contributed by atoms with Gasteiger partial charge in [-0.05, 0) is 38.9 Å². The Labute approximate surface area is 135 Å². The van der Waals surface area contributed by atoms with Crippen LogP contribution in [0.1, 0.15) is 36.5 Å². The summed E-state index contributed by atoms with van der Waals surface area (Å²) in [5.74, 6) is 2.61. The first-order valence-electron chi connectivity index (χ1n) is 7.60. The average molecular weight is 322 g/mol. The van der Waals surface area contributed by atoms with Crippen molar-refractivity contribution in [3.05, 3.63) is 40.5 Å². The van der Waals surface area contributed by atoms with Crippen molar-refractivity contribution in [2.75, 3.05) is 19.7 Å². The van der Waals surface area contributed by atoms with Crippen molar-refractivity contribution in [2.45, 2.75) is 32.7 Å². The Balaban J connectivity index is 1.70. The summed E-state index contributed by atoms with van der Waals surface area (Å²) in [6.45, 7) is 7.13. The summed E-state index contributed by atoms with van der Waals surface area (Å²) in [5.41, 5.74) is 1.05. The summed E-state index contributed by atoms with van der Waals surface area (Å²) in [7, 11) is 0. The number of hydrogen-bond donors (Lipinski definition) is 0. The summed E-state index contributed by atoms with van der Waals surface area (Å²) in [6, 6.07) is 5.80. The number of hydrogen-bond acceptors (Lipinski definition) is 5. The highest BCUT2D eigenvalue weighted by Crippen LogP contribution is 2.32. The second kappa shape index (κ2) is 6.67. The number of benzene rings is 1. The fraction of sp³-hybridized carbons (Fsp3) is 0.500. The number of rotatable bonds is 5. The first kappa shape index (κ1) is 15.3. The van der Waals surface area contributed by atoms with Gasteiger partial charge in [-0.3, -0.25) is 4.90 Å². The maximum atomic E-state index is 6.35. The third kappa shape index (κ3) is 3.25. The number of nitrogens with zero attached hydrogens (tertiary/aromatic N) is 3. The van der Waals surface area contributed by atoms with Crippen LogP contribution in [0.4, 0.5) is 0 Å². The normalized spacial score (nSPS) is 18.8. The second-order valence-electron chi connectivity index (χ2n) is 5.55. The van der Waals surface area contributed by atoms with E-state index in [1.165, 1.54) is 0 Å². The van der Waals surface area contributed by atoms with Crippen molar-refractivity contribution in [1.82, 2.24) is 15.0 Å². The Morgan fingerprint density at radius 2 is 2.32 bits per heavy atom. The van der Waals surface area contributed by atoms with E-state index in [0.29, 0.717) is 18.3 Å². The maximum Gasteiger partial charge on any atom is 0.231 e. The van der Waals surface area contributed by atoms with Crippen LogP contribution in [0.3, 0.4) is 0 Å². The molecule has 22 heavy (non-hydrogen) atoms. The van der Waals surface area contributed by atoms with Crippen LogP contribution in [0.25, 0.3) is 0 Å². The van der Waals surface area contributed by atoms with E-state index in [-0.39, 0.29) is 0 Å². The molecule has 0 aliphatic carbocycles. The Morgan fingerprint density at radius 1 is 1.45 bits per heavy atom. The van der Waals surface area contributed by atoms with Gasteiger partial charge in [-0.15, -0.1) is 0 Å². The van der Waals surface area contributed by atoms with Gasteiger partial charge in [0.15, 0.2) is 5.82 Å². The van der Waals surface area contributed by atoms with E-state index >= 15 is 0 Å². The van der Waals surface area contributed by atoms with Crippen LogP contribution in [0.5, 0.6) is 5.75 Å². The summed E-state index contributed by atoms with van der Waals surface area (Å²) in [5, 5.41) is 4.63. The Kier molecular flexibility index (Phi) is 4.64. The molecule has 0 bridgehead atoms. The minimum atomic E-state index is 0.305. The van der Waals surface area contributed by atoms with E-state index in [2.05, 4.69) is 15.0 Å². The topological polar surface area (TPSA) is 51.4 Å². The van der Waals surface area contributed by atoms with E-state index < -0.39 is 0 Å². The molecule has 0 radical (unpaired) electrons. The molecular formula is C16H20ClN3O2. The van der Waals surface area contributed by atoms with Gasteiger partial charge in [0.05, 0.1) is 12.5 Å². The smallest absolute Gasteiger partial charge is 0.231 e. The van der Waals surface area contributed by atoms with Crippen LogP contribution in [-0.4, -0.2) is 34.7 Å². The lowest BCUT2D eigenvalue weighted by Crippen LogP contribution is -2.20. The number of likely N-dealkylation sites (tertiary alicyclic amines) is 1. The minimum absolute atomic E-state index is 0.305. The van der Waals surface area contributed by atoms with E-state index in [1.807, 2.05) is 32.0 Å². The molecule has 0 unspecified atom stereocenters. The first-order valence-corrected chi connectivity index (χ1v) is 7.98. The van der Waals surface area contributed by atoms with E-state index in [0.717, 1.165) is 48.3 Å². The molecular weight excluding hydrogens is 302 g/mol. The van der Waals surface area contributed by atoms with Crippen LogP contribution in [0.2, 0.25) is 5.02 Å². The maximum absolute atomic E-state index is 6.35. The summed E-state index contributed by atoms with van der Waals surface area (Å²) in [6.07, 6.45) is 1.02. The lowest BCUT2D eigenvalue weighted by Gasteiger charge is -2.19. The predicted molar refractivity (Wildman–Crippen MR) is 84.3 cm³/mol. The van der Waals surface area contributed by atoms with Crippen LogP contribution < -0.4 is 4.74 Å². The molecule has 1 fully saturated rings. The summed E-state index contributed by atoms with van der Waals surface area (Å²) in [4.78, 5) is 6.70. The summed E-state index contributed by atoms with van der Waals surface area (Å²) >= 11 is 6.35. The van der Waals surface area contributed by atoms with Gasteiger partial charge in [-0.25, -0.2) is 0 Å². The van der Waals surface area contributed by atoms with E-state index in [4.69, 9.17) is 20.9 Å². The third-order valence-corrected chi connectivity index (χ3v) is 4.28. The fourth-order valence-electron chi connectivity index (χ4n) is 2.86. The quantitative estimate of drug-likeness (QED) is 0.844. The van der Waals surface area contributed by atoms with Gasteiger partial charge in [-0.2, -0.15) is 4.98 Å². The van der Waals surface area contributed by atoms with Gasteiger partial charge >= 0.3 is 0 Å². The Hall–Kier alpha value is -1.59. The zero-order chi connectivity index (χ0) is 15.5. The second-order valence-corrected chi connectivity index (χ2v) is 5.96. The van der Waals surface area contributed by atoms with Crippen molar-refractivity contribution in [3.8, 4) is 5.75 Å². The molecule has 1 saturated heterocycles. The lowest BCUT2D eigenvalue weighted by molar-refractivity contribution is 0.294. The fourth-order valence-corrected chi connectivity index (χ4v) is 3.09. The number of aromatic nitrogens is 2. The molecule has 0 spiro atoms. The van der Waals surface area contributed by atoms with Crippen molar-refractivity contribution < 1.29 is 9.26 Å². The summed E-state index contributed by atoms with van der Waals surface area (Å²) < 4.78 is 11.0. The molecule has 1 aromatic heterocycles. The van der Waals surface area contributed by atoms with Crippen molar-refractivity contribution in [3.63, 3.8) is 0 Å². The van der Waals surface area contributed by atoms with Crippen molar-refractivity contribution in [2.24, 2.45) is 0 Å². The average Bonchev–Trinajstić information content (AvgIpc) is 3.12. The van der Waals surface area contributed by atoms with Crippen LogP contribution in [-0.2, 0) is 6.54 Å². The van der Waals surface area contributed by atoms with Crippen molar-refractivity contribution in [1.29, 1.82) is 0 Å². The monoisotopic (exact) mass is 321 g/mol. The SMILES string of the molecule is CCOc1cccc(Cl)c1CN1CC[C@@H](c2nc(C)no2)C1. The van der Waals surface area contributed by atoms with Gasteiger partial charge in [0, 0.05) is 23.7 Å². The first-order chi connectivity index (χ1) is 10.7. The highest BCUT2D eigenvalue weighted by molar-refractivity contribution is 6.31. The molecule has 0 amide bonds. The Morgan fingerprint density at radius 3 is 3.05 bits per heavy atom. The molecule has 1 aromatic carbocycles. The number of halogens is 1. The van der Waals surface area contributed by atoms with E-state index in [1.54, 1.807) is 0 Å². The third-order valence-electron chi connectivity index (χ3n) is 3.92. The van der Waals surface area contributed by atoms with Crippen LogP contribution in [0, 0.1) is 6.92 Å². The minimum Gasteiger partial charge on any atom is -0.493 e. The standard InChI is InChI=1S/C16H20ClN3O2/c1-3-21-15-6-4-5-14(17)13(15)10-20-8-7-12(9-20)16-18-11(2)19-22-16/h4-6,12H,3,7-10H2,1-2H3/t12-/m1/s1. The van der Waals surface area contributed by atoms with Gasteiger partial charge in [0.2, 0.25) is 5.89 Å². The molecule has 118 valence electrons. The Bertz CT molecular complexity index is 644. The molecule has 2 aromatic rings. The predicted octanol–water partition coefficient (Wildman–Crippen LogP) is 3.42. The van der Waals surface area contributed by atoms with Crippen LogP contribution in [0.15, 0.2) is 22.7 Å². The van der Waals surface area contributed by atoms with Gasteiger partial charge in [0.1, 0.15) is 5.75 Å². The molecule has 1 aliphatic rings. The zero-order valence-corrected chi connectivity index (χ0v) is 13.6. The highest BCUT2D eigenvalue weighted by Gasteiger charge is 2.28. The molecule has 0 N–H and O–H groups in total. The highest BCUT2D eigenvalue weighted by atomic mass is 35.5. The van der Waals surface area contributed by atoms with Gasteiger partial charge in [-0.1, -0.05) is 22.8 Å². The molecule has 2 heterocycles. The molecule has 3 rings (SSSR count). The van der Waals surface area contributed by atoms with Crippen LogP contribution >= 0.6 is 11.6 Å². The number of ether oxygens (including phenoxy) is 1. The van der Waals surface area contributed by atoms with Gasteiger partial charge in [0.25, 0.3) is 0 Å². The molecule has 0 saturated carbocycles. The number of aryl methyl sites for hydroxylation is 1. The molecule has 1 aliphatic heterocycles. The molecule has 5 nitrogen and oxygen atoms in total.